The highest BCUT2D eigenvalue weighted by Gasteiger charge is 2.42. The molecule has 116 valence electrons. The minimum Gasteiger partial charge on any atom is -0.373 e. The number of aryl methyl sites for hydroxylation is 1. The Morgan fingerprint density at radius 1 is 1.52 bits per heavy atom. The lowest BCUT2D eigenvalue weighted by molar-refractivity contribution is -0.131. The van der Waals surface area contributed by atoms with Gasteiger partial charge in [-0.05, 0) is 13.3 Å². The second-order valence-electron chi connectivity index (χ2n) is 6.34. The van der Waals surface area contributed by atoms with Crippen molar-refractivity contribution in [1.29, 1.82) is 0 Å². The SMILES string of the molecule is Cc1ncsc1CN1C[C@@H]2C[C@@H](CC(=O)N(C)C)O[C@@H]2C1. The van der Waals surface area contributed by atoms with Crippen LogP contribution < -0.4 is 0 Å². The Hall–Kier alpha value is -0.980. The minimum absolute atomic E-state index is 0.113. The van der Waals surface area contributed by atoms with E-state index in [0.717, 1.165) is 31.7 Å². The van der Waals surface area contributed by atoms with Crippen LogP contribution in [0.5, 0.6) is 0 Å². The number of carbonyl (C=O) groups excluding carboxylic acids is 1. The molecular weight excluding hydrogens is 286 g/mol. The predicted molar refractivity (Wildman–Crippen MR) is 82.2 cm³/mol. The van der Waals surface area contributed by atoms with Crippen LogP contribution in [-0.4, -0.2) is 60.1 Å². The fourth-order valence-electron chi connectivity index (χ4n) is 3.27. The summed E-state index contributed by atoms with van der Waals surface area (Å²) in [4.78, 5) is 21.5. The van der Waals surface area contributed by atoms with E-state index in [-0.39, 0.29) is 12.0 Å². The van der Waals surface area contributed by atoms with Gasteiger partial charge in [-0.2, -0.15) is 0 Å². The number of fused-ring (bicyclic) bond motifs is 1. The first-order valence-corrected chi connectivity index (χ1v) is 8.38. The van der Waals surface area contributed by atoms with Gasteiger partial charge in [-0.3, -0.25) is 9.69 Å². The Morgan fingerprint density at radius 3 is 2.95 bits per heavy atom. The first-order chi connectivity index (χ1) is 10.0. The third kappa shape index (κ3) is 3.27. The molecule has 2 fully saturated rings. The summed E-state index contributed by atoms with van der Waals surface area (Å²) in [5, 5.41) is 0. The van der Waals surface area contributed by atoms with Gasteiger partial charge in [0.2, 0.25) is 5.91 Å². The van der Waals surface area contributed by atoms with Gasteiger partial charge in [0, 0.05) is 44.5 Å². The number of carbonyl (C=O) groups is 1. The molecule has 3 atom stereocenters. The highest BCUT2D eigenvalue weighted by Crippen LogP contribution is 2.35. The lowest BCUT2D eigenvalue weighted by atomic mass is 10.0. The van der Waals surface area contributed by atoms with E-state index in [9.17, 15) is 4.79 Å². The Kier molecular flexibility index (Phi) is 4.28. The predicted octanol–water partition coefficient (Wildman–Crippen LogP) is 1.52. The Bertz CT molecular complexity index is 503. The van der Waals surface area contributed by atoms with Crippen LogP contribution in [0.15, 0.2) is 5.51 Å². The molecule has 1 aromatic heterocycles. The molecule has 3 heterocycles. The van der Waals surface area contributed by atoms with Crippen molar-refractivity contribution in [1.82, 2.24) is 14.8 Å². The topological polar surface area (TPSA) is 45.7 Å². The molecule has 6 heteroatoms. The molecule has 3 rings (SSSR count). The standard InChI is InChI=1S/C15H23N3O2S/c1-10-14(21-9-16-10)8-18-6-11-4-12(20-13(11)7-18)5-15(19)17(2)3/h9,11-13H,4-8H2,1-3H3/t11-,12-,13+/m0/s1. The summed E-state index contributed by atoms with van der Waals surface area (Å²) in [5.41, 5.74) is 3.06. The second kappa shape index (κ2) is 6.02. The molecule has 1 amide bonds. The van der Waals surface area contributed by atoms with Crippen LogP contribution in [0.1, 0.15) is 23.4 Å². The van der Waals surface area contributed by atoms with Crippen LogP contribution in [0.4, 0.5) is 0 Å². The van der Waals surface area contributed by atoms with E-state index in [1.165, 1.54) is 4.88 Å². The van der Waals surface area contributed by atoms with E-state index in [4.69, 9.17) is 4.74 Å². The molecule has 0 aliphatic carbocycles. The van der Waals surface area contributed by atoms with E-state index in [2.05, 4.69) is 16.8 Å². The van der Waals surface area contributed by atoms with Crippen molar-refractivity contribution < 1.29 is 9.53 Å². The maximum absolute atomic E-state index is 11.8. The average Bonchev–Trinajstić information content (AvgIpc) is 3.06. The first-order valence-electron chi connectivity index (χ1n) is 7.50. The molecule has 0 spiro atoms. The summed E-state index contributed by atoms with van der Waals surface area (Å²) >= 11 is 1.73. The number of amides is 1. The summed E-state index contributed by atoms with van der Waals surface area (Å²) in [7, 11) is 3.61. The molecule has 0 N–H and O–H groups in total. The van der Waals surface area contributed by atoms with E-state index in [1.807, 2.05) is 5.51 Å². The van der Waals surface area contributed by atoms with Gasteiger partial charge in [0.15, 0.2) is 0 Å². The minimum atomic E-state index is 0.113. The van der Waals surface area contributed by atoms with Gasteiger partial charge in [-0.1, -0.05) is 0 Å². The maximum Gasteiger partial charge on any atom is 0.224 e. The molecule has 21 heavy (non-hydrogen) atoms. The molecule has 0 bridgehead atoms. The number of hydrogen-bond donors (Lipinski definition) is 0. The van der Waals surface area contributed by atoms with Crippen molar-refractivity contribution in [3.05, 3.63) is 16.1 Å². The number of likely N-dealkylation sites (tertiary alicyclic amines) is 1. The van der Waals surface area contributed by atoms with Crippen LogP contribution in [0.3, 0.4) is 0 Å². The van der Waals surface area contributed by atoms with Gasteiger partial charge in [0.1, 0.15) is 0 Å². The molecule has 0 aromatic carbocycles. The van der Waals surface area contributed by atoms with Gasteiger partial charge >= 0.3 is 0 Å². The van der Waals surface area contributed by atoms with Crippen LogP contribution in [-0.2, 0) is 16.1 Å². The maximum atomic E-state index is 11.8. The van der Waals surface area contributed by atoms with Gasteiger partial charge < -0.3 is 9.64 Å². The average molecular weight is 309 g/mol. The third-order valence-electron chi connectivity index (χ3n) is 4.50. The summed E-state index contributed by atoms with van der Waals surface area (Å²) in [6.07, 6.45) is 1.96. The van der Waals surface area contributed by atoms with Gasteiger partial charge in [0.05, 0.1) is 29.8 Å². The molecule has 2 aliphatic rings. The fraction of sp³-hybridized carbons (Fsp3) is 0.733. The molecule has 5 nitrogen and oxygen atoms in total. The molecule has 1 aromatic rings. The van der Waals surface area contributed by atoms with Crippen molar-refractivity contribution in [2.45, 2.75) is 38.5 Å². The number of rotatable bonds is 4. The number of ether oxygens (including phenoxy) is 1. The molecule has 2 saturated heterocycles. The quantitative estimate of drug-likeness (QED) is 0.846. The van der Waals surface area contributed by atoms with Crippen molar-refractivity contribution in [3.63, 3.8) is 0 Å². The lowest BCUT2D eigenvalue weighted by Gasteiger charge is -2.19. The van der Waals surface area contributed by atoms with Crippen LogP contribution in [0, 0.1) is 12.8 Å². The summed E-state index contributed by atoms with van der Waals surface area (Å²) in [5.74, 6) is 0.746. The molecule has 2 aliphatic heterocycles. The van der Waals surface area contributed by atoms with Crippen molar-refractivity contribution in [2.24, 2.45) is 5.92 Å². The number of hydrogen-bond acceptors (Lipinski definition) is 5. The van der Waals surface area contributed by atoms with Gasteiger partial charge in [-0.15, -0.1) is 11.3 Å². The molecule has 0 unspecified atom stereocenters. The Balaban J connectivity index is 1.50. The number of nitrogens with zero attached hydrogens (tertiary/aromatic N) is 3. The number of aromatic nitrogens is 1. The zero-order valence-corrected chi connectivity index (χ0v) is 13.7. The van der Waals surface area contributed by atoms with Crippen LogP contribution >= 0.6 is 11.3 Å². The highest BCUT2D eigenvalue weighted by atomic mass is 32.1. The Morgan fingerprint density at radius 2 is 2.33 bits per heavy atom. The van der Waals surface area contributed by atoms with E-state index >= 15 is 0 Å². The van der Waals surface area contributed by atoms with Gasteiger partial charge in [0.25, 0.3) is 0 Å². The molecule has 0 radical (unpaired) electrons. The normalized spacial score (nSPS) is 28.8. The first kappa shape index (κ1) is 14.9. The zero-order valence-electron chi connectivity index (χ0n) is 12.9. The van der Waals surface area contributed by atoms with Crippen molar-refractivity contribution >= 4 is 17.2 Å². The van der Waals surface area contributed by atoms with E-state index in [1.54, 1.807) is 30.3 Å². The molecular formula is C15H23N3O2S. The molecule has 0 saturated carbocycles. The monoisotopic (exact) mass is 309 g/mol. The fourth-order valence-corrected chi connectivity index (χ4v) is 4.09. The lowest BCUT2D eigenvalue weighted by Crippen LogP contribution is -2.29. The van der Waals surface area contributed by atoms with Gasteiger partial charge in [-0.25, -0.2) is 4.98 Å². The van der Waals surface area contributed by atoms with Crippen LogP contribution in [0.25, 0.3) is 0 Å². The highest BCUT2D eigenvalue weighted by molar-refractivity contribution is 7.09. The van der Waals surface area contributed by atoms with Crippen LogP contribution in [0.2, 0.25) is 0 Å². The smallest absolute Gasteiger partial charge is 0.224 e. The number of thiazole rings is 1. The third-order valence-corrected chi connectivity index (χ3v) is 5.42. The van der Waals surface area contributed by atoms with Crippen molar-refractivity contribution in [2.75, 3.05) is 27.2 Å². The van der Waals surface area contributed by atoms with E-state index in [0.29, 0.717) is 18.4 Å². The summed E-state index contributed by atoms with van der Waals surface area (Å²) < 4.78 is 6.08. The summed E-state index contributed by atoms with van der Waals surface area (Å²) in [6.45, 7) is 5.11. The second-order valence-corrected chi connectivity index (χ2v) is 7.28. The summed E-state index contributed by atoms with van der Waals surface area (Å²) in [6, 6.07) is 0. The van der Waals surface area contributed by atoms with E-state index < -0.39 is 0 Å². The zero-order chi connectivity index (χ0) is 15.0. The van der Waals surface area contributed by atoms with Crippen molar-refractivity contribution in [3.8, 4) is 0 Å². The Labute approximate surface area is 129 Å². The largest absolute Gasteiger partial charge is 0.373 e.